The number of oxazole rings is 1. The molecule has 3 N–H and O–H groups in total. The van der Waals surface area contributed by atoms with Crippen LogP contribution in [0.1, 0.15) is 30.0 Å². The molecule has 0 aliphatic rings. The summed E-state index contributed by atoms with van der Waals surface area (Å²) in [6.07, 6.45) is 2.31. The van der Waals surface area contributed by atoms with Crippen molar-refractivity contribution < 1.29 is 12.8 Å². The third kappa shape index (κ3) is 3.49. The third-order valence-corrected chi connectivity index (χ3v) is 4.54. The van der Waals surface area contributed by atoms with Crippen LogP contribution in [0.25, 0.3) is 0 Å². The van der Waals surface area contributed by atoms with Crippen LogP contribution in [0.5, 0.6) is 0 Å². The zero-order valence-electron chi connectivity index (χ0n) is 12.2. The molecule has 0 bridgehead atoms. The molecular formula is C12H19N5O3S. The lowest BCUT2D eigenvalue weighted by Gasteiger charge is -2.06. The molecule has 116 valence electrons. The minimum atomic E-state index is -3.68. The number of aryl methyl sites for hydroxylation is 2. The molecule has 0 radical (unpaired) electrons. The van der Waals surface area contributed by atoms with Gasteiger partial charge in [0.15, 0.2) is 0 Å². The highest BCUT2D eigenvalue weighted by Gasteiger charge is 2.24. The molecule has 0 spiro atoms. The first-order chi connectivity index (χ1) is 9.97. The van der Waals surface area contributed by atoms with Crippen molar-refractivity contribution in [2.75, 3.05) is 7.05 Å². The standard InChI is InChI=1S/C12H19N5O3S/c1-4-9-5-14-11(20-9)7-15-21(18,19)12-8(2)16-17-10(12)6-13-3/h5,13,15H,4,6-7H2,1-3H3,(H,16,17). The Labute approximate surface area is 123 Å². The van der Waals surface area contributed by atoms with Crippen LogP contribution in [0.3, 0.4) is 0 Å². The fraction of sp³-hybridized carbons (Fsp3) is 0.500. The topological polar surface area (TPSA) is 113 Å². The Bertz CT molecular complexity index is 704. The number of nitrogens with one attached hydrogen (secondary N) is 3. The fourth-order valence-electron chi connectivity index (χ4n) is 1.94. The van der Waals surface area contributed by atoms with Crippen molar-refractivity contribution in [2.45, 2.75) is 38.3 Å². The van der Waals surface area contributed by atoms with Gasteiger partial charge in [-0.2, -0.15) is 5.10 Å². The largest absolute Gasteiger partial charge is 0.444 e. The lowest BCUT2D eigenvalue weighted by molar-refractivity contribution is 0.452. The van der Waals surface area contributed by atoms with Crippen LogP contribution in [0.15, 0.2) is 15.5 Å². The van der Waals surface area contributed by atoms with Crippen molar-refractivity contribution in [3.8, 4) is 0 Å². The van der Waals surface area contributed by atoms with Gasteiger partial charge in [-0.1, -0.05) is 6.92 Å². The third-order valence-electron chi connectivity index (χ3n) is 2.94. The van der Waals surface area contributed by atoms with Gasteiger partial charge >= 0.3 is 0 Å². The fourth-order valence-corrected chi connectivity index (χ4v) is 3.27. The second-order valence-corrected chi connectivity index (χ2v) is 6.26. The highest BCUT2D eigenvalue weighted by Crippen LogP contribution is 2.17. The SMILES string of the molecule is CCc1cnc(CNS(=O)(=O)c2c(CNC)n[nH]c2C)o1. The van der Waals surface area contributed by atoms with E-state index in [1.807, 2.05) is 6.92 Å². The van der Waals surface area contributed by atoms with Gasteiger partial charge in [-0.15, -0.1) is 0 Å². The van der Waals surface area contributed by atoms with Gasteiger partial charge in [0.25, 0.3) is 0 Å². The Hall–Kier alpha value is -1.71. The number of hydrogen-bond donors (Lipinski definition) is 3. The molecule has 0 saturated heterocycles. The van der Waals surface area contributed by atoms with Crippen LogP contribution in [0, 0.1) is 6.92 Å². The number of rotatable bonds is 7. The Kier molecular flexibility index (Phi) is 4.76. The van der Waals surface area contributed by atoms with Gasteiger partial charge < -0.3 is 9.73 Å². The highest BCUT2D eigenvalue weighted by molar-refractivity contribution is 7.89. The van der Waals surface area contributed by atoms with E-state index in [0.717, 1.165) is 5.76 Å². The van der Waals surface area contributed by atoms with E-state index in [4.69, 9.17) is 4.42 Å². The zero-order valence-corrected chi connectivity index (χ0v) is 13.0. The predicted octanol–water partition coefficient (Wildman–Crippen LogP) is 0.466. The van der Waals surface area contributed by atoms with E-state index in [0.29, 0.717) is 30.2 Å². The van der Waals surface area contributed by atoms with E-state index in [9.17, 15) is 8.42 Å². The Balaban J connectivity index is 2.16. The molecule has 0 unspecified atom stereocenters. The second-order valence-electron chi connectivity index (χ2n) is 4.55. The van der Waals surface area contributed by atoms with Crippen molar-refractivity contribution in [1.29, 1.82) is 0 Å². The normalized spacial score (nSPS) is 12.0. The number of aromatic amines is 1. The summed E-state index contributed by atoms with van der Waals surface area (Å²) in [5, 5.41) is 9.58. The number of aromatic nitrogens is 3. The van der Waals surface area contributed by atoms with E-state index in [-0.39, 0.29) is 11.4 Å². The van der Waals surface area contributed by atoms with E-state index in [2.05, 4.69) is 25.2 Å². The lowest BCUT2D eigenvalue weighted by Crippen LogP contribution is -2.25. The molecule has 2 heterocycles. The summed E-state index contributed by atoms with van der Waals surface area (Å²) in [5.74, 6) is 1.06. The molecule has 0 fully saturated rings. The first kappa shape index (κ1) is 15.7. The van der Waals surface area contributed by atoms with Gasteiger partial charge in [0.2, 0.25) is 15.9 Å². The van der Waals surface area contributed by atoms with Crippen molar-refractivity contribution in [3.63, 3.8) is 0 Å². The van der Waals surface area contributed by atoms with Crippen LogP contribution in [0.4, 0.5) is 0 Å². The van der Waals surface area contributed by atoms with Crippen molar-refractivity contribution in [2.24, 2.45) is 0 Å². The minimum Gasteiger partial charge on any atom is -0.444 e. The molecule has 2 aromatic rings. The quantitative estimate of drug-likeness (QED) is 0.685. The maximum Gasteiger partial charge on any atom is 0.244 e. The molecule has 0 aliphatic carbocycles. The average molecular weight is 313 g/mol. The van der Waals surface area contributed by atoms with Crippen LogP contribution < -0.4 is 10.0 Å². The van der Waals surface area contributed by atoms with E-state index in [1.54, 1.807) is 20.2 Å². The first-order valence-electron chi connectivity index (χ1n) is 6.59. The summed E-state index contributed by atoms with van der Waals surface area (Å²) in [6, 6.07) is 0. The number of nitrogens with zero attached hydrogens (tertiary/aromatic N) is 2. The summed E-state index contributed by atoms with van der Waals surface area (Å²) in [7, 11) is -1.95. The van der Waals surface area contributed by atoms with Crippen molar-refractivity contribution >= 4 is 10.0 Å². The smallest absolute Gasteiger partial charge is 0.244 e. The molecule has 2 aromatic heterocycles. The number of sulfonamides is 1. The van der Waals surface area contributed by atoms with Gasteiger partial charge in [-0.05, 0) is 14.0 Å². The van der Waals surface area contributed by atoms with Crippen LogP contribution >= 0.6 is 0 Å². The Morgan fingerprint density at radius 1 is 1.38 bits per heavy atom. The molecule has 0 aliphatic heterocycles. The van der Waals surface area contributed by atoms with Crippen LogP contribution in [-0.2, 0) is 29.5 Å². The molecule has 0 amide bonds. The van der Waals surface area contributed by atoms with Gasteiger partial charge in [0.05, 0.1) is 24.1 Å². The monoisotopic (exact) mass is 313 g/mol. The number of H-pyrrole nitrogens is 1. The molecule has 21 heavy (non-hydrogen) atoms. The van der Waals surface area contributed by atoms with Crippen molar-refractivity contribution in [3.05, 3.63) is 29.2 Å². The average Bonchev–Trinajstić information content (AvgIpc) is 3.04. The second kappa shape index (κ2) is 6.37. The summed E-state index contributed by atoms with van der Waals surface area (Å²) in [4.78, 5) is 4.19. The molecule has 0 aromatic carbocycles. The first-order valence-corrected chi connectivity index (χ1v) is 8.08. The van der Waals surface area contributed by atoms with E-state index >= 15 is 0 Å². The molecule has 2 rings (SSSR count). The minimum absolute atomic E-state index is 0.00590. The predicted molar refractivity (Wildman–Crippen MR) is 76.0 cm³/mol. The highest BCUT2D eigenvalue weighted by atomic mass is 32.2. The van der Waals surface area contributed by atoms with Gasteiger partial charge in [-0.3, -0.25) is 5.10 Å². The van der Waals surface area contributed by atoms with E-state index < -0.39 is 10.0 Å². The van der Waals surface area contributed by atoms with Gasteiger partial charge in [0.1, 0.15) is 10.7 Å². The van der Waals surface area contributed by atoms with Crippen LogP contribution in [0.2, 0.25) is 0 Å². The Morgan fingerprint density at radius 2 is 2.14 bits per heavy atom. The molecule has 0 atom stereocenters. The van der Waals surface area contributed by atoms with Crippen LogP contribution in [-0.4, -0.2) is 30.6 Å². The summed E-state index contributed by atoms with van der Waals surface area (Å²) in [5.41, 5.74) is 0.943. The summed E-state index contributed by atoms with van der Waals surface area (Å²) < 4.78 is 32.6. The van der Waals surface area contributed by atoms with E-state index in [1.165, 1.54) is 0 Å². The summed E-state index contributed by atoms with van der Waals surface area (Å²) in [6.45, 7) is 3.97. The van der Waals surface area contributed by atoms with Gasteiger partial charge in [-0.25, -0.2) is 18.1 Å². The molecule has 8 nitrogen and oxygen atoms in total. The molecular weight excluding hydrogens is 294 g/mol. The lowest BCUT2D eigenvalue weighted by atomic mass is 10.4. The van der Waals surface area contributed by atoms with Crippen molar-refractivity contribution in [1.82, 2.24) is 25.2 Å². The Morgan fingerprint density at radius 3 is 2.76 bits per heavy atom. The zero-order chi connectivity index (χ0) is 15.5. The molecule has 9 heteroatoms. The maximum absolute atomic E-state index is 12.4. The maximum atomic E-state index is 12.4. The van der Waals surface area contributed by atoms with Gasteiger partial charge in [0, 0.05) is 13.0 Å². The number of hydrogen-bond acceptors (Lipinski definition) is 6. The summed E-state index contributed by atoms with van der Waals surface area (Å²) >= 11 is 0. The molecule has 0 saturated carbocycles.